The maximum Gasteiger partial charge on any atom is 0.279 e. The highest BCUT2D eigenvalue weighted by atomic mass is 35.5. The van der Waals surface area contributed by atoms with Crippen LogP contribution in [0.4, 0.5) is 0 Å². The Balaban J connectivity index is 1.83. The van der Waals surface area contributed by atoms with E-state index in [0.29, 0.717) is 29.0 Å². The summed E-state index contributed by atoms with van der Waals surface area (Å²) in [6, 6.07) is 15.6. The molecule has 0 aliphatic rings. The van der Waals surface area contributed by atoms with Crippen LogP contribution in [-0.2, 0) is 13.1 Å². The van der Waals surface area contributed by atoms with E-state index < -0.39 is 0 Å². The van der Waals surface area contributed by atoms with Crippen molar-refractivity contribution >= 4 is 22.5 Å². The van der Waals surface area contributed by atoms with Crippen LogP contribution in [0.3, 0.4) is 0 Å². The molecule has 120 valence electrons. The topological polar surface area (TPSA) is 82.8 Å². The van der Waals surface area contributed by atoms with Crippen molar-refractivity contribution in [2.45, 2.75) is 13.1 Å². The normalized spacial score (nSPS) is 11.2. The van der Waals surface area contributed by atoms with Gasteiger partial charge < -0.3 is 10.3 Å². The van der Waals surface area contributed by atoms with Crippen molar-refractivity contribution in [3.63, 3.8) is 0 Å². The van der Waals surface area contributed by atoms with E-state index >= 15 is 0 Å². The van der Waals surface area contributed by atoms with E-state index in [2.05, 4.69) is 15.2 Å². The number of fused-ring (bicyclic) bond motifs is 1. The van der Waals surface area contributed by atoms with Crippen molar-refractivity contribution in [1.29, 1.82) is 0 Å². The minimum absolute atomic E-state index is 0.224. The fourth-order valence-corrected chi connectivity index (χ4v) is 2.82. The summed E-state index contributed by atoms with van der Waals surface area (Å²) in [4.78, 5) is 4.28. The Labute approximate surface area is 142 Å². The number of hydrogen-bond acceptors (Lipinski definition) is 5. The third-order valence-corrected chi connectivity index (χ3v) is 4.16. The lowest BCUT2D eigenvalue weighted by molar-refractivity contribution is 0.421. The number of aromatic nitrogens is 4. The highest BCUT2D eigenvalue weighted by molar-refractivity contribution is 6.31. The van der Waals surface area contributed by atoms with Gasteiger partial charge in [0.15, 0.2) is 11.5 Å². The average molecular weight is 340 g/mol. The highest BCUT2D eigenvalue weighted by Crippen LogP contribution is 2.28. The molecule has 0 unspecified atom stereocenters. The number of rotatable bonds is 4. The van der Waals surface area contributed by atoms with Gasteiger partial charge in [0.25, 0.3) is 5.89 Å². The molecule has 2 aromatic carbocycles. The van der Waals surface area contributed by atoms with E-state index in [1.807, 2.05) is 53.2 Å². The fourth-order valence-electron chi connectivity index (χ4n) is 2.63. The second-order valence-electron chi connectivity index (χ2n) is 5.33. The predicted octanol–water partition coefficient (Wildman–Crippen LogP) is 3.25. The zero-order chi connectivity index (χ0) is 16.5. The summed E-state index contributed by atoms with van der Waals surface area (Å²) in [6.45, 7) is 0.778. The van der Waals surface area contributed by atoms with E-state index in [1.165, 1.54) is 0 Å². The number of para-hydroxylation sites is 1. The van der Waals surface area contributed by atoms with Gasteiger partial charge >= 0.3 is 0 Å². The molecule has 0 spiro atoms. The number of hydrogen-bond donors (Lipinski definition) is 1. The molecule has 6 nitrogen and oxygen atoms in total. The van der Waals surface area contributed by atoms with Gasteiger partial charge in [-0.2, -0.15) is 10.1 Å². The summed E-state index contributed by atoms with van der Waals surface area (Å²) < 4.78 is 7.18. The van der Waals surface area contributed by atoms with Crippen molar-refractivity contribution in [1.82, 2.24) is 19.9 Å². The van der Waals surface area contributed by atoms with Crippen LogP contribution in [0.5, 0.6) is 0 Å². The highest BCUT2D eigenvalue weighted by Gasteiger charge is 2.18. The van der Waals surface area contributed by atoms with Crippen LogP contribution in [0.1, 0.15) is 11.4 Å². The molecule has 0 bridgehead atoms. The minimum atomic E-state index is 0.224. The predicted molar refractivity (Wildman–Crippen MR) is 91.5 cm³/mol. The number of nitrogens with zero attached hydrogens (tertiary/aromatic N) is 4. The van der Waals surface area contributed by atoms with Crippen molar-refractivity contribution in [3.05, 3.63) is 64.9 Å². The van der Waals surface area contributed by atoms with Gasteiger partial charge in [0.05, 0.1) is 18.6 Å². The summed E-state index contributed by atoms with van der Waals surface area (Å²) in [5.74, 6) is 0.819. The third-order valence-electron chi connectivity index (χ3n) is 3.79. The Morgan fingerprint density at radius 2 is 1.88 bits per heavy atom. The fraction of sp³-hybridized carbons (Fsp3) is 0.118. The van der Waals surface area contributed by atoms with E-state index in [0.717, 1.165) is 16.5 Å². The van der Waals surface area contributed by atoms with Crippen LogP contribution in [0, 0.1) is 0 Å². The van der Waals surface area contributed by atoms with E-state index in [4.69, 9.17) is 21.9 Å². The second kappa shape index (κ2) is 6.07. The first-order chi connectivity index (χ1) is 11.8. The van der Waals surface area contributed by atoms with Crippen molar-refractivity contribution in [2.24, 2.45) is 5.73 Å². The standard InChI is InChI=1S/C17H14ClN5O/c18-13-7-3-1-5-11(13)10-23-14-8-4-2-6-12(14)16(21-23)17-20-15(9-19)22-24-17/h1-8H,9-10,19H2. The SMILES string of the molecule is NCc1noc(-c2nn(Cc3ccccc3Cl)c3ccccc23)n1. The lowest BCUT2D eigenvalue weighted by atomic mass is 10.2. The van der Waals surface area contributed by atoms with Crippen LogP contribution < -0.4 is 5.73 Å². The molecule has 0 aliphatic heterocycles. The van der Waals surface area contributed by atoms with Crippen molar-refractivity contribution in [3.8, 4) is 11.6 Å². The van der Waals surface area contributed by atoms with Gasteiger partial charge in [0, 0.05) is 10.4 Å². The summed E-state index contributed by atoms with van der Waals surface area (Å²) in [7, 11) is 0. The lowest BCUT2D eigenvalue weighted by Crippen LogP contribution is -2.02. The average Bonchev–Trinajstić information content (AvgIpc) is 3.22. The molecule has 0 aliphatic carbocycles. The summed E-state index contributed by atoms with van der Waals surface area (Å²) >= 11 is 6.28. The molecule has 2 heterocycles. The summed E-state index contributed by atoms with van der Waals surface area (Å²) in [6.07, 6.45) is 0. The molecule has 0 atom stereocenters. The molecule has 0 amide bonds. The Morgan fingerprint density at radius 1 is 1.08 bits per heavy atom. The molecular weight excluding hydrogens is 326 g/mol. The maximum absolute atomic E-state index is 6.28. The molecule has 2 aromatic heterocycles. The monoisotopic (exact) mass is 339 g/mol. The molecule has 2 N–H and O–H groups in total. The zero-order valence-electron chi connectivity index (χ0n) is 12.7. The maximum atomic E-state index is 6.28. The molecule has 0 saturated carbocycles. The van der Waals surface area contributed by atoms with Crippen LogP contribution >= 0.6 is 11.6 Å². The van der Waals surface area contributed by atoms with Gasteiger partial charge in [-0.05, 0) is 17.7 Å². The number of benzene rings is 2. The Morgan fingerprint density at radius 3 is 2.67 bits per heavy atom. The smallest absolute Gasteiger partial charge is 0.279 e. The quantitative estimate of drug-likeness (QED) is 0.617. The first-order valence-electron chi connectivity index (χ1n) is 7.48. The second-order valence-corrected chi connectivity index (χ2v) is 5.74. The summed E-state index contributed by atoms with van der Waals surface area (Å²) in [5.41, 5.74) is 8.16. The first-order valence-corrected chi connectivity index (χ1v) is 7.86. The summed E-state index contributed by atoms with van der Waals surface area (Å²) in [5, 5.41) is 10.2. The van der Waals surface area contributed by atoms with E-state index in [9.17, 15) is 0 Å². The van der Waals surface area contributed by atoms with Gasteiger partial charge in [0.1, 0.15) is 0 Å². The van der Waals surface area contributed by atoms with Crippen LogP contribution in [-0.4, -0.2) is 19.9 Å². The van der Waals surface area contributed by atoms with Gasteiger partial charge in [-0.3, -0.25) is 4.68 Å². The van der Waals surface area contributed by atoms with Gasteiger partial charge in [-0.15, -0.1) is 0 Å². The Bertz CT molecular complexity index is 1010. The molecule has 24 heavy (non-hydrogen) atoms. The Kier molecular flexibility index (Phi) is 3.76. The molecule has 4 aromatic rings. The molecule has 0 saturated heterocycles. The van der Waals surface area contributed by atoms with Gasteiger partial charge in [-0.25, -0.2) is 0 Å². The third kappa shape index (κ3) is 2.55. The van der Waals surface area contributed by atoms with Crippen LogP contribution in [0.25, 0.3) is 22.5 Å². The first kappa shape index (κ1) is 14.9. The van der Waals surface area contributed by atoms with Crippen molar-refractivity contribution in [2.75, 3.05) is 0 Å². The van der Waals surface area contributed by atoms with Crippen LogP contribution in [0.2, 0.25) is 5.02 Å². The molecule has 7 heteroatoms. The largest absolute Gasteiger partial charge is 0.332 e. The van der Waals surface area contributed by atoms with Gasteiger partial charge in [-0.1, -0.05) is 53.2 Å². The molecule has 0 radical (unpaired) electrons. The van der Waals surface area contributed by atoms with Gasteiger partial charge in [0.2, 0.25) is 0 Å². The lowest BCUT2D eigenvalue weighted by Gasteiger charge is -2.05. The molecule has 0 fully saturated rings. The van der Waals surface area contributed by atoms with Crippen LogP contribution in [0.15, 0.2) is 53.1 Å². The zero-order valence-corrected chi connectivity index (χ0v) is 13.4. The number of nitrogens with two attached hydrogens (primary N) is 1. The minimum Gasteiger partial charge on any atom is -0.332 e. The number of halogens is 1. The van der Waals surface area contributed by atoms with E-state index in [-0.39, 0.29) is 6.54 Å². The molecular formula is C17H14ClN5O. The Hall–Kier alpha value is -2.70. The molecule has 4 rings (SSSR count). The van der Waals surface area contributed by atoms with Crippen molar-refractivity contribution < 1.29 is 4.52 Å². The van der Waals surface area contributed by atoms with E-state index in [1.54, 1.807) is 0 Å².